The maximum Gasteiger partial charge on any atom is 0.232 e. The number of aromatic amines is 1. The maximum atomic E-state index is 12.7. The first-order valence-corrected chi connectivity index (χ1v) is 10.9. The summed E-state index contributed by atoms with van der Waals surface area (Å²) in [6.07, 6.45) is 5.88. The van der Waals surface area contributed by atoms with E-state index < -0.39 is 0 Å². The zero-order valence-corrected chi connectivity index (χ0v) is 17.0. The molecule has 0 saturated carbocycles. The summed E-state index contributed by atoms with van der Waals surface area (Å²) in [5.74, 6) is 1.50. The first kappa shape index (κ1) is 19.5. The molecule has 0 aliphatic carbocycles. The van der Waals surface area contributed by atoms with Gasteiger partial charge >= 0.3 is 0 Å². The molecule has 1 N–H and O–H groups in total. The first-order chi connectivity index (χ1) is 14.2. The van der Waals surface area contributed by atoms with E-state index >= 15 is 0 Å². The fraction of sp³-hybridized carbons (Fsp3) is 0.318. The summed E-state index contributed by atoms with van der Waals surface area (Å²) < 4.78 is 0. The Labute approximate surface area is 174 Å². The van der Waals surface area contributed by atoms with Crippen LogP contribution in [0.1, 0.15) is 11.1 Å². The lowest BCUT2D eigenvalue weighted by molar-refractivity contribution is -0.137. The molecule has 0 bridgehead atoms. The van der Waals surface area contributed by atoms with Gasteiger partial charge in [-0.25, -0.2) is 0 Å². The predicted octanol–water partition coefficient (Wildman–Crippen LogP) is 2.71. The molecule has 6 nitrogen and oxygen atoms in total. The third-order valence-electron chi connectivity index (χ3n) is 5.22. The van der Waals surface area contributed by atoms with Crippen molar-refractivity contribution in [3.05, 3.63) is 66.1 Å². The molecule has 3 heterocycles. The van der Waals surface area contributed by atoms with Crippen molar-refractivity contribution < 1.29 is 9.59 Å². The second kappa shape index (κ2) is 9.13. The first-order valence-electron chi connectivity index (χ1n) is 9.78. The number of carbonyl (C=O) groups is 2. The van der Waals surface area contributed by atoms with Crippen molar-refractivity contribution in [1.29, 1.82) is 0 Å². The molecule has 3 aromatic rings. The second-order valence-electron chi connectivity index (χ2n) is 7.15. The molecular weight excluding hydrogens is 384 g/mol. The topological polar surface area (TPSA) is 69.3 Å². The van der Waals surface area contributed by atoms with Gasteiger partial charge in [0, 0.05) is 61.4 Å². The van der Waals surface area contributed by atoms with Crippen molar-refractivity contribution in [2.75, 3.05) is 31.9 Å². The number of amides is 2. The van der Waals surface area contributed by atoms with Crippen molar-refractivity contribution in [1.82, 2.24) is 19.8 Å². The number of rotatable bonds is 6. The Morgan fingerprint density at radius 3 is 2.52 bits per heavy atom. The number of carbonyl (C=O) groups excluding carboxylic acids is 2. The zero-order valence-electron chi connectivity index (χ0n) is 16.2. The average Bonchev–Trinajstić information content (AvgIpc) is 3.17. The van der Waals surface area contributed by atoms with Gasteiger partial charge in [0.2, 0.25) is 11.8 Å². The van der Waals surface area contributed by atoms with Crippen molar-refractivity contribution >= 4 is 34.5 Å². The third kappa shape index (κ3) is 4.79. The van der Waals surface area contributed by atoms with Crippen LogP contribution in [0.5, 0.6) is 0 Å². The zero-order chi connectivity index (χ0) is 20.1. The fourth-order valence-corrected chi connectivity index (χ4v) is 4.45. The Kier molecular flexibility index (Phi) is 6.14. The summed E-state index contributed by atoms with van der Waals surface area (Å²) in [5.41, 5.74) is 3.20. The molecule has 1 aliphatic heterocycles. The average molecular weight is 409 g/mol. The number of benzene rings is 1. The molecule has 1 aliphatic rings. The van der Waals surface area contributed by atoms with Gasteiger partial charge in [-0.3, -0.25) is 14.6 Å². The quantitative estimate of drug-likeness (QED) is 0.681. The van der Waals surface area contributed by atoms with Crippen LogP contribution in [-0.2, 0) is 21.8 Å². The molecule has 29 heavy (non-hydrogen) atoms. The van der Waals surface area contributed by atoms with Crippen molar-refractivity contribution in [2.45, 2.75) is 12.2 Å². The summed E-state index contributed by atoms with van der Waals surface area (Å²) in [6.45, 7) is 2.40. The number of piperazine rings is 1. The number of para-hydroxylation sites is 1. The van der Waals surface area contributed by atoms with Crippen LogP contribution < -0.4 is 0 Å². The largest absolute Gasteiger partial charge is 0.361 e. The van der Waals surface area contributed by atoms with Crippen LogP contribution in [0, 0.1) is 0 Å². The summed E-state index contributed by atoms with van der Waals surface area (Å²) in [4.78, 5) is 36.2. The molecule has 4 rings (SSSR count). The molecule has 150 valence electrons. The highest BCUT2D eigenvalue weighted by atomic mass is 32.2. The highest BCUT2D eigenvalue weighted by Gasteiger charge is 2.24. The fourth-order valence-electron chi connectivity index (χ4n) is 3.59. The molecule has 1 saturated heterocycles. The normalized spacial score (nSPS) is 14.3. The highest BCUT2D eigenvalue weighted by molar-refractivity contribution is 7.99. The Bertz CT molecular complexity index is 981. The molecule has 0 spiro atoms. The number of H-pyrrole nitrogens is 1. The van der Waals surface area contributed by atoms with E-state index in [1.54, 1.807) is 18.0 Å². The van der Waals surface area contributed by atoms with Gasteiger partial charge in [-0.2, -0.15) is 0 Å². The lowest BCUT2D eigenvalue weighted by atomic mass is 10.1. The molecule has 0 atom stereocenters. The number of hydrogen-bond donors (Lipinski definition) is 1. The number of nitrogens with zero attached hydrogens (tertiary/aromatic N) is 3. The summed E-state index contributed by atoms with van der Waals surface area (Å²) in [7, 11) is 0. The van der Waals surface area contributed by atoms with E-state index in [1.165, 1.54) is 0 Å². The minimum Gasteiger partial charge on any atom is -0.361 e. The number of hydrogen-bond acceptors (Lipinski definition) is 4. The Morgan fingerprint density at radius 2 is 1.76 bits per heavy atom. The predicted molar refractivity (Wildman–Crippen MR) is 116 cm³/mol. The molecule has 2 amide bonds. The molecular formula is C22H24N4O2S. The van der Waals surface area contributed by atoms with Gasteiger partial charge in [0.15, 0.2) is 0 Å². The van der Waals surface area contributed by atoms with Gasteiger partial charge < -0.3 is 14.8 Å². The summed E-state index contributed by atoms with van der Waals surface area (Å²) >= 11 is 1.60. The van der Waals surface area contributed by atoms with Gasteiger partial charge in [-0.05, 0) is 23.3 Å². The van der Waals surface area contributed by atoms with Gasteiger partial charge in [-0.15, -0.1) is 11.8 Å². The highest BCUT2D eigenvalue weighted by Crippen LogP contribution is 2.19. The maximum absolute atomic E-state index is 12.7. The molecule has 0 unspecified atom stereocenters. The van der Waals surface area contributed by atoms with E-state index in [0.717, 1.165) is 27.8 Å². The van der Waals surface area contributed by atoms with Crippen LogP contribution in [0.3, 0.4) is 0 Å². The summed E-state index contributed by atoms with van der Waals surface area (Å²) in [6, 6.07) is 11.9. The van der Waals surface area contributed by atoms with E-state index in [4.69, 9.17) is 0 Å². The lowest BCUT2D eigenvalue weighted by Crippen LogP contribution is -2.51. The van der Waals surface area contributed by atoms with Crippen molar-refractivity contribution in [3.8, 4) is 0 Å². The van der Waals surface area contributed by atoms with E-state index in [1.807, 2.05) is 58.6 Å². The number of aromatic nitrogens is 2. The number of thioether (sulfide) groups is 1. The van der Waals surface area contributed by atoms with Gasteiger partial charge in [0.25, 0.3) is 0 Å². The second-order valence-corrected chi connectivity index (χ2v) is 8.14. The van der Waals surface area contributed by atoms with Crippen LogP contribution in [0.4, 0.5) is 0 Å². The van der Waals surface area contributed by atoms with Gasteiger partial charge in [0.1, 0.15) is 0 Å². The van der Waals surface area contributed by atoms with E-state index in [2.05, 4.69) is 9.97 Å². The SMILES string of the molecule is O=C(CSCc1cccnc1)N1CCN(C(=O)Cc2c[nH]c3ccccc23)CC1. The minimum absolute atomic E-state index is 0.118. The number of pyridine rings is 1. The van der Waals surface area contributed by atoms with Gasteiger partial charge in [-0.1, -0.05) is 24.3 Å². The summed E-state index contributed by atoms with van der Waals surface area (Å²) in [5, 5.41) is 1.10. The van der Waals surface area contributed by atoms with Crippen molar-refractivity contribution in [2.24, 2.45) is 0 Å². The van der Waals surface area contributed by atoms with E-state index in [-0.39, 0.29) is 11.8 Å². The van der Waals surface area contributed by atoms with Crippen molar-refractivity contribution in [3.63, 3.8) is 0 Å². The molecule has 1 aromatic carbocycles. The molecule has 1 fully saturated rings. The van der Waals surface area contributed by atoms with E-state index in [0.29, 0.717) is 38.4 Å². The Morgan fingerprint density at radius 1 is 1.00 bits per heavy atom. The van der Waals surface area contributed by atoms with E-state index in [9.17, 15) is 9.59 Å². The smallest absolute Gasteiger partial charge is 0.232 e. The van der Waals surface area contributed by atoms with Gasteiger partial charge in [0.05, 0.1) is 12.2 Å². The molecule has 0 radical (unpaired) electrons. The minimum atomic E-state index is 0.118. The monoisotopic (exact) mass is 408 g/mol. The Balaban J connectivity index is 1.23. The number of fused-ring (bicyclic) bond motifs is 1. The van der Waals surface area contributed by atoms with Crippen LogP contribution in [-0.4, -0.2) is 63.5 Å². The van der Waals surface area contributed by atoms with Crippen LogP contribution >= 0.6 is 11.8 Å². The Hall–Kier alpha value is -2.80. The molecule has 7 heteroatoms. The standard InChI is InChI=1S/C22H24N4O2S/c27-21(12-18-14-24-20-6-2-1-5-19(18)20)25-8-10-26(11-9-25)22(28)16-29-15-17-4-3-7-23-13-17/h1-7,13-14,24H,8-12,15-16H2. The van der Waals surface area contributed by atoms with Crippen LogP contribution in [0.25, 0.3) is 10.9 Å². The molecule has 2 aromatic heterocycles. The van der Waals surface area contributed by atoms with Crippen LogP contribution in [0.2, 0.25) is 0 Å². The van der Waals surface area contributed by atoms with Crippen LogP contribution in [0.15, 0.2) is 55.0 Å². The lowest BCUT2D eigenvalue weighted by Gasteiger charge is -2.34. The number of nitrogens with one attached hydrogen (secondary N) is 1. The third-order valence-corrected chi connectivity index (χ3v) is 6.21.